The van der Waals surface area contributed by atoms with Crippen LogP contribution in [0.4, 0.5) is 0 Å². The van der Waals surface area contributed by atoms with Crippen molar-refractivity contribution in [3.05, 3.63) is 0 Å². The lowest BCUT2D eigenvalue weighted by molar-refractivity contribution is -0.150. The smallest absolute Gasteiger partial charge is 0.308 e. The zero-order chi connectivity index (χ0) is 9.97. The van der Waals surface area contributed by atoms with E-state index in [0.29, 0.717) is 5.92 Å². The molecule has 0 aromatic rings. The van der Waals surface area contributed by atoms with Gasteiger partial charge in [0, 0.05) is 0 Å². The van der Waals surface area contributed by atoms with Crippen molar-refractivity contribution in [3.8, 4) is 0 Å². The summed E-state index contributed by atoms with van der Waals surface area (Å²) in [7, 11) is 1.50. The highest BCUT2D eigenvalue weighted by Gasteiger charge is 2.38. The van der Waals surface area contributed by atoms with Crippen LogP contribution in [0.2, 0.25) is 0 Å². The van der Waals surface area contributed by atoms with Gasteiger partial charge in [-0.1, -0.05) is 12.8 Å². The molecule has 1 saturated carbocycles. The van der Waals surface area contributed by atoms with Crippen LogP contribution in [-0.2, 0) is 9.53 Å². The summed E-state index contributed by atoms with van der Waals surface area (Å²) in [6.07, 6.45) is 4.76. The maximum atomic E-state index is 11.6. The Balaban J connectivity index is 2.04. The molecule has 14 heavy (non-hydrogen) atoms. The fraction of sp³-hybridized carbons (Fsp3) is 0.909. The zero-order valence-corrected chi connectivity index (χ0v) is 8.79. The van der Waals surface area contributed by atoms with Crippen LogP contribution in [0.5, 0.6) is 0 Å². The summed E-state index contributed by atoms with van der Waals surface area (Å²) in [5.74, 6) is 1.45. The molecule has 0 radical (unpaired) electrons. The lowest BCUT2D eigenvalue weighted by atomic mass is 9.69. The lowest BCUT2D eigenvalue weighted by Gasteiger charge is -2.40. The van der Waals surface area contributed by atoms with Crippen LogP contribution in [0.3, 0.4) is 0 Å². The summed E-state index contributed by atoms with van der Waals surface area (Å²) < 4.78 is 4.87. The topological polar surface area (TPSA) is 38.3 Å². The minimum absolute atomic E-state index is 0.00315. The molecule has 3 nitrogen and oxygen atoms in total. The van der Waals surface area contributed by atoms with Gasteiger partial charge in [-0.3, -0.25) is 4.79 Å². The van der Waals surface area contributed by atoms with Crippen LogP contribution in [0.15, 0.2) is 0 Å². The minimum Gasteiger partial charge on any atom is -0.469 e. The van der Waals surface area contributed by atoms with Crippen LogP contribution in [0, 0.1) is 17.8 Å². The Morgan fingerprint density at radius 1 is 1.36 bits per heavy atom. The number of nitrogens with one attached hydrogen (secondary N) is 1. The second kappa shape index (κ2) is 4.30. The molecule has 0 bridgehead atoms. The van der Waals surface area contributed by atoms with Gasteiger partial charge in [-0.15, -0.1) is 0 Å². The highest BCUT2D eigenvalue weighted by atomic mass is 16.5. The van der Waals surface area contributed by atoms with Gasteiger partial charge in [0.2, 0.25) is 0 Å². The van der Waals surface area contributed by atoms with E-state index in [2.05, 4.69) is 5.32 Å². The number of rotatable bonds is 1. The predicted octanol–water partition coefficient (Wildman–Crippen LogP) is 1.19. The zero-order valence-electron chi connectivity index (χ0n) is 8.79. The third-order valence-electron chi connectivity index (χ3n) is 3.79. The SMILES string of the molecule is COC(=O)C1CCCC2CCNCC21. The number of fused-ring (bicyclic) bond motifs is 1. The van der Waals surface area contributed by atoms with Gasteiger partial charge in [-0.05, 0) is 37.8 Å². The van der Waals surface area contributed by atoms with E-state index in [-0.39, 0.29) is 11.9 Å². The highest BCUT2D eigenvalue weighted by Crippen LogP contribution is 2.38. The van der Waals surface area contributed by atoms with Crippen molar-refractivity contribution in [1.29, 1.82) is 0 Å². The lowest BCUT2D eigenvalue weighted by Crippen LogP contribution is -2.45. The van der Waals surface area contributed by atoms with Gasteiger partial charge in [0.15, 0.2) is 0 Å². The van der Waals surface area contributed by atoms with E-state index in [4.69, 9.17) is 4.74 Å². The summed E-state index contributed by atoms with van der Waals surface area (Å²) in [5, 5.41) is 3.39. The van der Waals surface area contributed by atoms with Crippen molar-refractivity contribution in [2.24, 2.45) is 17.8 Å². The molecule has 2 aliphatic rings. The highest BCUT2D eigenvalue weighted by molar-refractivity contribution is 5.72. The fourth-order valence-corrected chi connectivity index (χ4v) is 3.02. The van der Waals surface area contributed by atoms with Crippen molar-refractivity contribution >= 4 is 5.97 Å². The van der Waals surface area contributed by atoms with Gasteiger partial charge in [0.05, 0.1) is 13.0 Å². The molecule has 3 atom stereocenters. The van der Waals surface area contributed by atoms with E-state index in [1.54, 1.807) is 0 Å². The van der Waals surface area contributed by atoms with Crippen LogP contribution in [0.1, 0.15) is 25.7 Å². The Morgan fingerprint density at radius 3 is 3.00 bits per heavy atom. The Bertz CT molecular complexity index is 215. The standard InChI is InChI=1S/C11H19NO2/c1-14-11(13)9-4-2-3-8-5-6-12-7-10(8)9/h8-10,12H,2-7H2,1H3. The summed E-state index contributed by atoms with van der Waals surface area (Å²) in [6.45, 7) is 2.12. The normalized spacial score (nSPS) is 37.4. The quantitative estimate of drug-likeness (QED) is 0.642. The van der Waals surface area contributed by atoms with Gasteiger partial charge in [0.25, 0.3) is 0 Å². The van der Waals surface area contributed by atoms with Crippen LogP contribution in [-0.4, -0.2) is 26.2 Å². The maximum Gasteiger partial charge on any atom is 0.308 e. The fourth-order valence-electron chi connectivity index (χ4n) is 3.02. The van der Waals surface area contributed by atoms with E-state index in [1.807, 2.05) is 0 Å². The third kappa shape index (κ3) is 1.78. The molecule has 0 spiro atoms. The number of carbonyl (C=O) groups is 1. The summed E-state index contributed by atoms with van der Waals surface area (Å²) in [4.78, 5) is 11.6. The number of carbonyl (C=O) groups excluding carboxylic acids is 1. The Morgan fingerprint density at radius 2 is 2.21 bits per heavy atom. The molecule has 0 amide bonds. The van der Waals surface area contributed by atoms with Gasteiger partial charge in [-0.25, -0.2) is 0 Å². The van der Waals surface area contributed by atoms with Gasteiger partial charge in [0.1, 0.15) is 0 Å². The predicted molar refractivity (Wildman–Crippen MR) is 53.8 cm³/mol. The van der Waals surface area contributed by atoms with Crippen LogP contribution >= 0.6 is 0 Å². The number of hydrogen-bond donors (Lipinski definition) is 1. The van der Waals surface area contributed by atoms with E-state index >= 15 is 0 Å². The first-order chi connectivity index (χ1) is 6.83. The molecule has 1 heterocycles. The molecule has 2 fully saturated rings. The van der Waals surface area contributed by atoms with Crippen molar-refractivity contribution in [1.82, 2.24) is 5.32 Å². The molecule has 0 aromatic heterocycles. The van der Waals surface area contributed by atoms with Gasteiger partial charge < -0.3 is 10.1 Å². The van der Waals surface area contributed by atoms with Gasteiger partial charge in [-0.2, -0.15) is 0 Å². The number of methoxy groups -OCH3 is 1. The van der Waals surface area contributed by atoms with Crippen molar-refractivity contribution in [2.45, 2.75) is 25.7 Å². The minimum atomic E-state index is 0.00315. The Labute approximate surface area is 85.2 Å². The first-order valence-electron chi connectivity index (χ1n) is 5.61. The Kier molecular flexibility index (Phi) is 3.06. The molecule has 1 saturated heterocycles. The summed E-state index contributed by atoms with van der Waals surface area (Å²) >= 11 is 0. The molecule has 1 aliphatic carbocycles. The largest absolute Gasteiger partial charge is 0.469 e. The first-order valence-corrected chi connectivity index (χ1v) is 5.61. The number of ether oxygens (including phenoxy) is 1. The molecule has 1 aliphatic heterocycles. The third-order valence-corrected chi connectivity index (χ3v) is 3.79. The summed E-state index contributed by atoms with van der Waals surface area (Å²) in [6, 6.07) is 0. The second-order valence-corrected chi connectivity index (χ2v) is 4.48. The van der Waals surface area contributed by atoms with Crippen molar-refractivity contribution in [3.63, 3.8) is 0 Å². The van der Waals surface area contributed by atoms with E-state index in [9.17, 15) is 4.79 Å². The average Bonchev–Trinajstić information content (AvgIpc) is 2.27. The van der Waals surface area contributed by atoms with E-state index in [0.717, 1.165) is 25.4 Å². The molecule has 0 aromatic carbocycles. The number of piperidine rings is 1. The van der Waals surface area contributed by atoms with Gasteiger partial charge >= 0.3 is 5.97 Å². The van der Waals surface area contributed by atoms with E-state index in [1.165, 1.54) is 26.4 Å². The Hall–Kier alpha value is -0.570. The summed E-state index contributed by atoms with van der Waals surface area (Å²) in [5.41, 5.74) is 0. The molecule has 80 valence electrons. The molecule has 1 N–H and O–H groups in total. The molecular formula is C11H19NO2. The number of hydrogen-bond acceptors (Lipinski definition) is 3. The average molecular weight is 197 g/mol. The molecule has 3 unspecified atom stereocenters. The monoisotopic (exact) mass is 197 g/mol. The van der Waals surface area contributed by atoms with E-state index < -0.39 is 0 Å². The molecular weight excluding hydrogens is 178 g/mol. The molecule has 3 heteroatoms. The van der Waals surface area contributed by atoms with Crippen molar-refractivity contribution < 1.29 is 9.53 Å². The van der Waals surface area contributed by atoms with Crippen LogP contribution in [0.25, 0.3) is 0 Å². The maximum absolute atomic E-state index is 11.6. The first kappa shape index (κ1) is 9.97. The van der Waals surface area contributed by atoms with Crippen LogP contribution < -0.4 is 5.32 Å². The number of esters is 1. The second-order valence-electron chi connectivity index (χ2n) is 4.48. The molecule has 2 rings (SSSR count). The van der Waals surface area contributed by atoms with Crippen molar-refractivity contribution in [2.75, 3.05) is 20.2 Å².